The molecule has 2 rings (SSSR count). The van der Waals surface area contributed by atoms with E-state index in [9.17, 15) is 5.11 Å². The first-order chi connectivity index (χ1) is 11.0. The fraction of sp³-hybridized carbons (Fsp3) is 0.438. The molecule has 0 bridgehead atoms. The Kier molecular flexibility index (Phi) is 9.32. The molecule has 0 aliphatic heterocycles. The predicted octanol–water partition coefficient (Wildman–Crippen LogP) is 3.73. The maximum atomic E-state index is 10.4. The van der Waals surface area contributed by atoms with Crippen molar-refractivity contribution in [2.45, 2.75) is 25.9 Å². The molecule has 1 unspecified atom stereocenters. The number of nitrogens with one attached hydrogen (secondary N) is 2. The summed E-state index contributed by atoms with van der Waals surface area (Å²) in [7, 11) is 0. The minimum atomic E-state index is -1.12. The zero-order valence-corrected chi connectivity index (χ0v) is 18.4. The molecule has 0 aliphatic carbocycles. The summed E-state index contributed by atoms with van der Waals surface area (Å²) < 4.78 is 6.41. The van der Waals surface area contributed by atoms with E-state index in [4.69, 9.17) is 4.42 Å². The summed E-state index contributed by atoms with van der Waals surface area (Å²) in [5.74, 6) is 1.20. The van der Waals surface area contributed by atoms with Gasteiger partial charge in [-0.3, -0.25) is 0 Å². The molecule has 2 aromatic heterocycles. The number of thiophene rings is 1. The summed E-state index contributed by atoms with van der Waals surface area (Å²) in [6.07, 6.45) is 2.48. The molecule has 0 aromatic carbocycles. The van der Waals surface area contributed by atoms with Crippen molar-refractivity contribution in [2.24, 2.45) is 4.99 Å². The van der Waals surface area contributed by atoms with Crippen LogP contribution in [0.15, 0.2) is 43.7 Å². The summed E-state index contributed by atoms with van der Waals surface area (Å²) in [6, 6.07) is 7.68. The van der Waals surface area contributed by atoms with Crippen LogP contribution in [0.2, 0.25) is 0 Å². The average Bonchev–Trinajstić information content (AvgIpc) is 3.17. The van der Waals surface area contributed by atoms with Crippen LogP contribution in [0.1, 0.15) is 24.5 Å². The van der Waals surface area contributed by atoms with Crippen LogP contribution in [-0.2, 0) is 12.0 Å². The van der Waals surface area contributed by atoms with Crippen molar-refractivity contribution in [3.63, 3.8) is 0 Å². The quantitative estimate of drug-likeness (QED) is 0.291. The molecule has 3 N–H and O–H groups in total. The molecule has 0 saturated heterocycles. The second kappa shape index (κ2) is 10.4. The number of furan rings is 1. The molecule has 2 aromatic rings. The molecule has 2 heterocycles. The monoisotopic (exact) mass is 527 g/mol. The average molecular weight is 528 g/mol. The normalized spacial score (nSPS) is 13.9. The van der Waals surface area contributed by atoms with Gasteiger partial charge in [-0.25, -0.2) is 4.99 Å². The van der Waals surface area contributed by atoms with Crippen molar-refractivity contribution in [1.82, 2.24) is 10.6 Å². The molecule has 0 fully saturated rings. The first-order valence-corrected chi connectivity index (χ1v) is 9.15. The van der Waals surface area contributed by atoms with E-state index in [1.807, 2.05) is 6.92 Å². The van der Waals surface area contributed by atoms with E-state index in [-0.39, 0.29) is 30.5 Å². The van der Waals surface area contributed by atoms with E-state index < -0.39 is 5.60 Å². The Labute approximate surface area is 172 Å². The number of aliphatic imine (C=N–C) groups is 1. The first kappa shape index (κ1) is 21.5. The highest BCUT2D eigenvalue weighted by Gasteiger charge is 2.25. The summed E-state index contributed by atoms with van der Waals surface area (Å²) >= 11 is 5.20. The highest BCUT2D eigenvalue weighted by atomic mass is 127. The first-order valence-electron chi connectivity index (χ1n) is 7.54. The second-order valence-electron chi connectivity index (χ2n) is 5.33. The van der Waals surface area contributed by atoms with Crippen molar-refractivity contribution >= 4 is 57.2 Å². The largest absolute Gasteiger partial charge is 0.466 e. The minimum Gasteiger partial charge on any atom is -0.466 e. The topological polar surface area (TPSA) is 69.8 Å². The Hall–Kier alpha value is -0.580. The van der Waals surface area contributed by atoms with E-state index in [0.29, 0.717) is 11.7 Å². The highest BCUT2D eigenvalue weighted by molar-refractivity contribution is 14.0. The van der Waals surface area contributed by atoms with Crippen molar-refractivity contribution in [2.75, 3.05) is 19.6 Å². The lowest BCUT2D eigenvalue weighted by atomic mass is 10.0. The third-order valence-electron chi connectivity index (χ3n) is 3.23. The lowest BCUT2D eigenvalue weighted by molar-refractivity contribution is 0.0437. The number of halogens is 2. The smallest absolute Gasteiger partial charge is 0.191 e. The highest BCUT2D eigenvalue weighted by Crippen LogP contribution is 2.22. The molecular formula is C16H23BrIN3O2S. The third-order valence-corrected chi connectivity index (χ3v) is 4.92. The third kappa shape index (κ3) is 6.73. The second-order valence-corrected chi connectivity index (χ2v) is 7.88. The van der Waals surface area contributed by atoms with Gasteiger partial charge in [0.25, 0.3) is 0 Å². The Morgan fingerprint density at radius 2 is 2.17 bits per heavy atom. The van der Waals surface area contributed by atoms with E-state index in [2.05, 4.69) is 43.7 Å². The molecular weight excluding hydrogens is 505 g/mol. The number of hydrogen-bond donors (Lipinski definition) is 3. The molecule has 0 amide bonds. The molecule has 134 valence electrons. The zero-order valence-electron chi connectivity index (χ0n) is 13.7. The van der Waals surface area contributed by atoms with Gasteiger partial charge in [0.05, 0.1) is 16.6 Å². The molecule has 0 saturated carbocycles. The van der Waals surface area contributed by atoms with Gasteiger partial charge in [-0.05, 0) is 60.5 Å². The van der Waals surface area contributed by atoms with Crippen LogP contribution >= 0.6 is 51.2 Å². The molecule has 8 heteroatoms. The standard InChI is InChI=1S/C16H22BrN3O2S.HI/c1-3-18-15(19-9-8-12-6-7-14(17)23-12)20-11-16(2,21)13-5-4-10-22-13;/h4-7,10,21H,3,8-9,11H2,1-2H3,(H2,18,19,20);1H. The fourth-order valence-electron chi connectivity index (χ4n) is 2.03. The summed E-state index contributed by atoms with van der Waals surface area (Å²) in [5, 5.41) is 16.9. The molecule has 24 heavy (non-hydrogen) atoms. The van der Waals surface area contributed by atoms with Crippen LogP contribution in [-0.4, -0.2) is 30.7 Å². The zero-order chi connectivity index (χ0) is 16.7. The van der Waals surface area contributed by atoms with Crippen LogP contribution in [0.25, 0.3) is 0 Å². The van der Waals surface area contributed by atoms with Gasteiger partial charge in [0.1, 0.15) is 11.4 Å². The Balaban J connectivity index is 0.00000288. The van der Waals surface area contributed by atoms with Crippen molar-refractivity contribution in [3.05, 3.63) is 45.0 Å². The van der Waals surface area contributed by atoms with Gasteiger partial charge in [-0.1, -0.05) is 0 Å². The van der Waals surface area contributed by atoms with Crippen LogP contribution < -0.4 is 10.6 Å². The van der Waals surface area contributed by atoms with Crippen molar-refractivity contribution in [3.8, 4) is 0 Å². The fourth-order valence-corrected chi connectivity index (χ4v) is 3.51. The van der Waals surface area contributed by atoms with E-state index in [1.165, 1.54) is 4.88 Å². The van der Waals surface area contributed by atoms with E-state index >= 15 is 0 Å². The van der Waals surface area contributed by atoms with Gasteiger partial charge >= 0.3 is 0 Å². The van der Waals surface area contributed by atoms with Gasteiger partial charge in [0.15, 0.2) is 5.96 Å². The molecule has 0 radical (unpaired) electrons. The van der Waals surface area contributed by atoms with Gasteiger partial charge in [-0.15, -0.1) is 35.3 Å². The van der Waals surface area contributed by atoms with Gasteiger partial charge in [0.2, 0.25) is 0 Å². The van der Waals surface area contributed by atoms with E-state index in [0.717, 1.165) is 23.3 Å². The van der Waals surface area contributed by atoms with Gasteiger partial charge in [0, 0.05) is 18.0 Å². The summed E-state index contributed by atoms with van der Waals surface area (Å²) in [6.45, 7) is 5.47. The lowest BCUT2D eigenvalue weighted by Crippen LogP contribution is -2.39. The number of hydrogen-bond acceptors (Lipinski definition) is 4. The van der Waals surface area contributed by atoms with Crippen molar-refractivity contribution in [1.29, 1.82) is 0 Å². The van der Waals surface area contributed by atoms with Gasteiger partial charge < -0.3 is 20.2 Å². The van der Waals surface area contributed by atoms with E-state index in [1.54, 1.807) is 36.7 Å². The maximum Gasteiger partial charge on any atom is 0.191 e. The maximum absolute atomic E-state index is 10.4. The van der Waals surface area contributed by atoms with Crippen LogP contribution in [0, 0.1) is 0 Å². The number of aliphatic hydroxyl groups is 1. The number of guanidine groups is 1. The molecule has 1 atom stereocenters. The predicted molar refractivity (Wildman–Crippen MR) is 113 cm³/mol. The SMILES string of the molecule is CCNC(=NCC(C)(O)c1ccco1)NCCc1ccc(Br)s1.I. The Morgan fingerprint density at radius 3 is 2.75 bits per heavy atom. The number of rotatable bonds is 7. The summed E-state index contributed by atoms with van der Waals surface area (Å²) in [5.41, 5.74) is -1.12. The number of nitrogens with zero attached hydrogens (tertiary/aromatic N) is 1. The van der Waals surface area contributed by atoms with Crippen molar-refractivity contribution < 1.29 is 9.52 Å². The lowest BCUT2D eigenvalue weighted by Gasteiger charge is -2.19. The van der Waals surface area contributed by atoms with Crippen LogP contribution in [0.3, 0.4) is 0 Å². The minimum absolute atomic E-state index is 0. The van der Waals surface area contributed by atoms with Crippen LogP contribution in [0.4, 0.5) is 0 Å². The Morgan fingerprint density at radius 1 is 1.38 bits per heavy atom. The summed E-state index contributed by atoms with van der Waals surface area (Å²) in [4.78, 5) is 5.76. The Bertz CT molecular complexity index is 629. The molecule has 5 nitrogen and oxygen atoms in total. The van der Waals surface area contributed by atoms with Crippen LogP contribution in [0.5, 0.6) is 0 Å². The molecule has 0 spiro atoms. The molecule has 0 aliphatic rings. The van der Waals surface area contributed by atoms with Gasteiger partial charge in [-0.2, -0.15) is 0 Å².